The summed E-state index contributed by atoms with van der Waals surface area (Å²) in [5, 5.41) is 7.71. The standard InChI is InChI=1S/C22H27N5O2.ClH/c28-20-14-23-10-12-26(20)18-7-4-11-25(15-18)22(29)19-13-24-27(21(19)16-8-9-16)17-5-2-1-3-6-17;/h1-3,5-6,13,16,18,23H,4,7-12,14-15H2;1H. The molecule has 1 unspecified atom stereocenters. The Kier molecular flexibility index (Phi) is 6.11. The Labute approximate surface area is 182 Å². The molecule has 0 radical (unpaired) electrons. The first-order chi connectivity index (χ1) is 14.2. The third-order valence-electron chi connectivity index (χ3n) is 6.25. The second-order valence-corrected chi connectivity index (χ2v) is 8.28. The number of para-hydroxylation sites is 1. The summed E-state index contributed by atoms with van der Waals surface area (Å²) in [4.78, 5) is 29.7. The van der Waals surface area contributed by atoms with Crippen molar-refractivity contribution in [1.82, 2.24) is 24.9 Å². The summed E-state index contributed by atoms with van der Waals surface area (Å²) in [5.41, 5.74) is 2.77. The number of hydrogen-bond acceptors (Lipinski definition) is 4. The molecule has 30 heavy (non-hydrogen) atoms. The zero-order valence-corrected chi connectivity index (χ0v) is 17.8. The summed E-state index contributed by atoms with van der Waals surface area (Å²) in [5.74, 6) is 0.611. The van der Waals surface area contributed by atoms with Gasteiger partial charge in [0.15, 0.2) is 0 Å². The second kappa shape index (κ2) is 8.78. The molecule has 2 aliphatic heterocycles. The smallest absolute Gasteiger partial charge is 0.257 e. The van der Waals surface area contributed by atoms with Crippen molar-refractivity contribution in [2.24, 2.45) is 0 Å². The minimum atomic E-state index is 0. The molecule has 8 heteroatoms. The lowest BCUT2D eigenvalue weighted by Gasteiger charge is -2.41. The maximum atomic E-state index is 13.5. The average molecular weight is 430 g/mol. The molecule has 3 heterocycles. The van der Waals surface area contributed by atoms with E-state index in [1.54, 1.807) is 6.20 Å². The summed E-state index contributed by atoms with van der Waals surface area (Å²) in [6.07, 6.45) is 5.85. The van der Waals surface area contributed by atoms with Gasteiger partial charge in [0.2, 0.25) is 5.91 Å². The van der Waals surface area contributed by atoms with Crippen LogP contribution in [0.25, 0.3) is 5.69 Å². The Bertz CT molecular complexity index is 912. The van der Waals surface area contributed by atoms with E-state index in [1.165, 1.54) is 0 Å². The van der Waals surface area contributed by atoms with Gasteiger partial charge in [0.1, 0.15) is 0 Å². The molecule has 160 valence electrons. The van der Waals surface area contributed by atoms with Crippen LogP contribution in [0.2, 0.25) is 0 Å². The maximum Gasteiger partial charge on any atom is 0.257 e. The van der Waals surface area contributed by atoms with E-state index in [1.807, 2.05) is 44.8 Å². The molecule has 2 amide bonds. The number of carbonyl (C=O) groups excluding carboxylic acids is 2. The lowest BCUT2D eigenvalue weighted by atomic mass is 10.0. The molecule has 1 aliphatic carbocycles. The second-order valence-electron chi connectivity index (χ2n) is 8.28. The van der Waals surface area contributed by atoms with E-state index >= 15 is 0 Å². The number of halogens is 1. The van der Waals surface area contributed by atoms with Crippen molar-refractivity contribution >= 4 is 24.2 Å². The molecule has 0 bridgehead atoms. The van der Waals surface area contributed by atoms with Crippen LogP contribution in [0.3, 0.4) is 0 Å². The largest absolute Gasteiger partial charge is 0.336 e. The quantitative estimate of drug-likeness (QED) is 0.808. The fraction of sp³-hybridized carbons (Fsp3) is 0.500. The topological polar surface area (TPSA) is 70.5 Å². The van der Waals surface area contributed by atoms with Crippen molar-refractivity contribution in [1.29, 1.82) is 0 Å². The Morgan fingerprint density at radius 1 is 1.10 bits per heavy atom. The summed E-state index contributed by atoms with van der Waals surface area (Å²) in [6, 6.07) is 10.2. The van der Waals surface area contributed by atoms with Crippen molar-refractivity contribution in [3.63, 3.8) is 0 Å². The summed E-state index contributed by atoms with van der Waals surface area (Å²) < 4.78 is 1.94. The van der Waals surface area contributed by atoms with Crippen LogP contribution in [0, 0.1) is 0 Å². The Morgan fingerprint density at radius 3 is 2.63 bits per heavy atom. The molecule has 1 aromatic carbocycles. The predicted octanol–water partition coefficient (Wildman–Crippen LogP) is 2.21. The summed E-state index contributed by atoms with van der Waals surface area (Å²) in [6.45, 7) is 3.32. The van der Waals surface area contributed by atoms with Gasteiger partial charge >= 0.3 is 0 Å². The maximum absolute atomic E-state index is 13.5. The van der Waals surface area contributed by atoms with Crippen LogP contribution in [0.5, 0.6) is 0 Å². The Morgan fingerprint density at radius 2 is 1.90 bits per heavy atom. The number of nitrogens with zero attached hydrogens (tertiary/aromatic N) is 4. The van der Waals surface area contributed by atoms with Crippen molar-refractivity contribution in [3.05, 3.63) is 47.8 Å². The average Bonchev–Trinajstić information content (AvgIpc) is 3.52. The van der Waals surface area contributed by atoms with E-state index in [4.69, 9.17) is 0 Å². The van der Waals surface area contributed by atoms with Gasteiger partial charge < -0.3 is 15.1 Å². The van der Waals surface area contributed by atoms with E-state index in [2.05, 4.69) is 10.4 Å². The highest BCUT2D eigenvalue weighted by Crippen LogP contribution is 2.42. The van der Waals surface area contributed by atoms with E-state index in [0.29, 0.717) is 19.0 Å². The van der Waals surface area contributed by atoms with Gasteiger partial charge in [-0.25, -0.2) is 4.68 Å². The van der Waals surface area contributed by atoms with Gasteiger partial charge in [-0.3, -0.25) is 9.59 Å². The molecule has 2 saturated heterocycles. The highest BCUT2D eigenvalue weighted by molar-refractivity contribution is 5.95. The van der Waals surface area contributed by atoms with Gasteiger partial charge in [-0.1, -0.05) is 18.2 Å². The fourth-order valence-electron chi connectivity index (χ4n) is 4.62. The van der Waals surface area contributed by atoms with E-state index in [-0.39, 0.29) is 30.3 Å². The van der Waals surface area contributed by atoms with Gasteiger partial charge in [-0.2, -0.15) is 5.10 Å². The highest BCUT2D eigenvalue weighted by atomic mass is 35.5. The molecular weight excluding hydrogens is 402 g/mol. The molecular formula is C22H28ClN5O2. The number of rotatable bonds is 4. The van der Waals surface area contributed by atoms with Gasteiger partial charge in [0.05, 0.1) is 29.7 Å². The summed E-state index contributed by atoms with van der Waals surface area (Å²) in [7, 11) is 0. The number of piperazine rings is 1. The number of piperidine rings is 1. The summed E-state index contributed by atoms with van der Waals surface area (Å²) >= 11 is 0. The van der Waals surface area contributed by atoms with Gasteiger partial charge in [0.25, 0.3) is 5.91 Å². The van der Waals surface area contributed by atoms with Crippen LogP contribution >= 0.6 is 12.4 Å². The van der Waals surface area contributed by atoms with Crippen molar-refractivity contribution < 1.29 is 9.59 Å². The number of likely N-dealkylation sites (tertiary alicyclic amines) is 1. The Hall–Kier alpha value is -2.38. The number of hydrogen-bond donors (Lipinski definition) is 1. The van der Waals surface area contributed by atoms with E-state index in [9.17, 15) is 9.59 Å². The van der Waals surface area contributed by atoms with E-state index in [0.717, 1.165) is 62.3 Å². The molecule has 5 rings (SSSR count). The molecule has 0 spiro atoms. The predicted molar refractivity (Wildman–Crippen MR) is 116 cm³/mol. The number of benzene rings is 1. The van der Waals surface area contributed by atoms with Crippen LogP contribution in [-0.2, 0) is 4.79 Å². The highest BCUT2D eigenvalue weighted by Gasteiger charge is 2.36. The van der Waals surface area contributed by atoms with Crippen LogP contribution in [0.1, 0.15) is 47.7 Å². The first-order valence-electron chi connectivity index (χ1n) is 10.6. The lowest BCUT2D eigenvalue weighted by molar-refractivity contribution is -0.135. The zero-order chi connectivity index (χ0) is 19.8. The first-order valence-corrected chi connectivity index (χ1v) is 10.6. The minimum Gasteiger partial charge on any atom is -0.336 e. The molecule has 1 saturated carbocycles. The first kappa shape index (κ1) is 20.9. The minimum absolute atomic E-state index is 0. The number of carbonyl (C=O) groups is 2. The molecule has 7 nitrogen and oxygen atoms in total. The molecule has 1 N–H and O–H groups in total. The van der Waals surface area contributed by atoms with Crippen LogP contribution in [-0.4, -0.2) is 70.2 Å². The monoisotopic (exact) mass is 429 g/mol. The van der Waals surface area contributed by atoms with Crippen molar-refractivity contribution in [2.75, 3.05) is 32.7 Å². The number of aromatic nitrogens is 2. The molecule has 1 aromatic heterocycles. The molecule has 2 aromatic rings. The van der Waals surface area contributed by atoms with Gasteiger partial charge in [-0.15, -0.1) is 12.4 Å². The third kappa shape index (κ3) is 3.96. The van der Waals surface area contributed by atoms with Crippen LogP contribution in [0.15, 0.2) is 36.5 Å². The SMILES string of the molecule is Cl.O=C(c1cnn(-c2ccccc2)c1C1CC1)N1CCCC(N2CCNCC2=O)C1. The van der Waals surface area contributed by atoms with Gasteiger partial charge in [0, 0.05) is 38.1 Å². The molecule has 3 aliphatic rings. The number of nitrogens with one attached hydrogen (secondary N) is 1. The zero-order valence-electron chi connectivity index (χ0n) is 17.0. The third-order valence-corrected chi connectivity index (χ3v) is 6.25. The van der Waals surface area contributed by atoms with Gasteiger partial charge in [-0.05, 0) is 37.8 Å². The molecule has 1 atom stereocenters. The normalized spacial score (nSPS) is 22.0. The van der Waals surface area contributed by atoms with Crippen LogP contribution < -0.4 is 5.32 Å². The van der Waals surface area contributed by atoms with Crippen LogP contribution in [0.4, 0.5) is 0 Å². The molecule has 3 fully saturated rings. The number of amides is 2. The van der Waals surface area contributed by atoms with Crippen molar-refractivity contribution in [2.45, 2.75) is 37.6 Å². The lowest BCUT2D eigenvalue weighted by Crippen LogP contribution is -2.57. The van der Waals surface area contributed by atoms with Crippen molar-refractivity contribution in [3.8, 4) is 5.69 Å². The Balaban J connectivity index is 0.00000218. The fourth-order valence-corrected chi connectivity index (χ4v) is 4.62. The van der Waals surface area contributed by atoms with E-state index < -0.39 is 0 Å².